The highest BCUT2D eigenvalue weighted by Gasteiger charge is 2.42. The lowest BCUT2D eigenvalue weighted by Crippen LogP contribution is -2.36. The molecular weight excluding hydrogens is 320 g/mol. The summed E-state index contributed by atoms with van der Waals surface area (Å²) in [5.74, 6) is -2.08. The fourth-order valence-corrected chi connectivity index (χ4v) is 3.77. The number of ether oxygens (including phenoxy) is 1. The highest BCUT2D eigenvalue weighted by atomic mass is 16.5. The largest absolute Gasteiger partial charge is 0.469 e. The summed E-state index contributed by atoms with van der Waals surface area (Å²) >= 11 is 0. The van der Waals surface area contributed by atoms with Crippen LogP contribution in [0.2, 0.25) is 0 Å². The van der Waals surface area contributed by atoms with Gasteiger partial charge in [-0.2, -0.15) is 0 Å². The van der Waals surface area contributed by atoms with Crippen LogP contribution in [0.15, 0.2) is 48.8 Å². The first kappa shape index (κ1) is 15.7. The first-order valence-corrected chi connectivity index (χ1v) is 8.14. The second kappa shape index (κ2) is 5.89. The Morgan fingerprint density at radius 3 is 2.92 bits per heavy atom. The van der Waals surface area contributed by atoms with Crippen LogP contribution in [0, 0.1) is 5.92 Å². The van der Waals surface area contributed by atoms with Gasteiger partial charge in [-0.3, -0.25) is 9.59 Å². The number of aliphatic hydroxyl groups is 1. The molecule has 3 aromatic rings. The average molecular weight is 338 g/mol. The van der Waals surface area contributed by atoms with Crippen molar-refractivity contribution in [1.29, 1.82) is 0 Å². The number of aromatic amines is 1. The van der Waals surface area contributed by atoms with E-state index in [-0.39, 0.29) is 12.2 Å². The van der Waals surface area contributed by atoms with Crippen molar-refractivity contribution in [2.45, 2.75) is 18.6 Å². The van der Waals surface area contributed by atoms with Gasteiger partial charge in [-0.25, -0.2) is 0 Å². The monoisotopic (exact) mass is 338 g/mol. The Bertz CT molecular complexity index is 955. The quantitative estimate of drug-likeness (QED) is 0.719. The zero-order valence-corrected chi connectivity index (χ0v) is 13.7. The van der Waals surface area contributed by atoms with Crippen molar-refractivity contribution in [1.82, 2.24) is 9.55 Å². The topological polar surface area (TPSA) is 84.3 Å². The number of nitrogens with one attached hydrogen (secondary N) is 1. The molecule has 0 saturated heterocycles. The Balaban J connectivity index is 1.83. The van der Waals surface area contributed by atoms with Crippen molar-refractivity contribution in [2.75, 3.05) is 7.11 Å². The maximum absolute atomic E-state index is 13.0. The lowest BCUT2D eigenvalue weighted by Gasteiger charge is -2.31. The summed E-state index contributed by atoms with van der Waals surface area (Å²) < 4.78 is 6.54. The minimum atomic E-state index is -0.843. The van der Waals surface area contributed by atoms with Crippen LogP contribution in [0.4, 0.5) is 0 Å². The normalized spacial score (nSPS) is 21.1. The molecule has 6 nitrogen and oxygen atoms in total. The first-order chi connectivity index (χ1) is 12.1. The summed E-state index contributed by atoms with van der Waals surface area (Å²) in [6.45, 7) is 0. The molecule has 25 heavy (non-hydrogen) atoms. The van der Waals surface area contributed by atoms with Crippen molar-refractivity contribution >= 4 is 22.7 Å². The summed E-state index contributed by atoms with van der Waals surface area (Å²) in [6, 6.07) is 11.0. The van der Waals surface area contributed by atoms with E-state index in [1.807, 2.05) is 24.3 Å². The molecule has 4 rings (SSSR count). The van der Waals surface area contributed by atoms with Gasteiger partial charge in [0.05, 0.1) is 18.7 Å². The van der Waals surface area contributed by atoms with Crippen LogP contribution in [-0.2, 0) is 9.53 Å². The number of ketones is 1. The van der Waals surface area contributed by atoms with Crippen LogP contribution in [0.5, 0.6) is 0 Å². The third kappa shape index (κ3) is 2.37. The predicted octanol–water partition coefficient (Wildman–Crippen LogP) is 2.62. The number of hydrogen-bond acceptors (Lipinski definition) is 4. The minimum absolute atomic E-state index is 0.156. The van der Waals surface area contributed by atoms with E-state index in [0.717, 1.165) is 10.9 Å². The second-order valence-electron chi connectivity index (χ2n) is 6.28. The molecular formula is C19H18N2O4. The Morgan fingerprint density at radius 2 is 2.12 bits per heavy atom. The van der Waals surface area contributed by atoms with E-state index in [0.29, 0.717) is 11.3 Å². The number of carbonyl (C=O) groups is 2. The fraction of sp³-hybridized carbons (Fsp3) is 0.263. The molecule has 2 N–H and O–H groups in total. The molecule has 0 amide bonds. The van der Waals surface area contributed by atoms with Gasteiger partial charge in [-0.05, 0) is 23.8 Å². The van der Waals surface area contributed by atoms with Crippen LogP contribution in [0.1, 0.15) is 34.6 Å². The van der Waals surface area contributed by atoms with Crippen LogP contribution < -0.4 is 0 Å². The van der Waals surface area contributed by atoms with E-state index in [2.05, 4.69) is 4.98 Å². The second-order valence-corrected chi connectivity index (χ2v) is 6.28. The number of fused-ring (bicyclic) bond motifs is 2. The van der Waals surface area contributed by atoms with Crippen LogP contribution >= 0.6 is 0 Å². The molecule has 1 aliphatic rings. The van der Waals surface area contributed by atoms with Gasteiger partial charge in [-0.15, -0.1) is 0 Å². The van der Waals surface area contributed by atoms with E-state index in [1.54, 1.807) is 29.1 Å². The Kier molecular flexibility index (Phi) is 3.69. The number of para-hydroxylation sites is 1. The van der Waals surface area contributed by atoms with Crippen molar-refractivity contribution in [3.05, 3.63) is 60.0 Å². The van der Waals surface area contributed by atoms with Crippen LogP contribution in [-0.4, -0.2) is 33.5 Å². The van der Waals surface area contributed by atoms with Gasteiger partial charge in [0.1, 0.15) is 6.23 Å². The van der Waals surface area contributed by atoms with Gasteiger partial charge in [0, 0.05) is 35.6 Å². The number of carbonyl (C=O) groups excluding carboxylic acids is 2. The molecule has 2 unspecified atom stereocenters. The lowest BCUT2D eigenvalue weighted by molar-refractivity contribution is -0.144. The van der Waals surface area contributed by atoms with Gasteiger partial charge < -0.3 is 19.4 Å². The number of aliphatic hydroxyl groups excluding tert-OH is 1. The number of Topliss-reactive ketones (excluding diaryl/α,β-unsaturated/α-hetero) is 1. The fourth-order valence-electron chi connectivity index (χ4n) is 3.77. The van der Waals surface area contributed by atoms with Crippen LogP contribution in [0.25, 0.3) is 10.9 Å². The van der Waals surface area contributed by atoms with Crippen molar-refractivity contribution in [3.8, 4) is 0 Å². The Labute approximate surface area is 144 Å². The molecule has 0 radical (unpaired) electrons. The average Bonchev–Trinajstić information content (AvgIpc) is 3.27. The summed E-state index contributed by atoms with van der Waals surface area (Å²) in [7, 11) is 1.32. The van der Waals surface area contributed by atoms with E-state index in [9.17, 15) is 14.7 Å². The molecule has 2 aromatic heterocycles. The number of hydrogen-bond donors (Lipinski definition) is 2. The first-order valence-electron chi connectivity index (χ1n) is 8.14. The number of rotatable bonds is 3. The number of methoxy groups -OCH3 is 1. The van der Waals surface area contributed by atoms with E-state index >= 15 is 0 Å². The number of benzene rings is 1. The highest BCUT2D eigenvalue weighted by molar-refractivity contribution is 6.02. The minimum Gasteiger partial charge on any atom is -0.469 e. The van der Waals surface area contributed by atoms with Crippen LogP contribution in [0.3, 0.4) is 0 Å². The molecule has 6 heteroatoms. The smallest absolute Gasteiger partial charge is 0.313 e. The van der Waals surface area contributed by atoms with Gasteiger partial charge in [0.15, 0.2) is 5.78 Å². The molecule has 1 aromatic carbocycles. The van der Waals surface area contributed by atoms with Crippen molar-refractivity contribution in [3.63, 3.8) is 0 Å². The van der Waals surface area contributed by atoms with Gasteiger partial charge in [0.25, 0.3) is 0 Å². The number of aromatic nitrogens is 2. The third-order valence-electron chi connectivity index (χ3n) is 4.97. The number of esters is 1. The Morgan fingerprint density at radius 1 is 1.32 bits per heavy atom. The SMILES string of the molecule is COC(=O)[C@@H](c1c[nH]c2ccccc12)C1CC(O)n2cccc2C1=O. The molecule has 0 saturated carbocycles. The summed E-state index contributed by atoms with van der Waals surface area (Å²) in [6.07, 6.45) is 2.75. The van der Waals surface area contributed by atoms with Gasteiger partial charge in [-0.1, -0.05) is 18.2 Å². The molecule has 0 bridgehead atoms. The predicted molar refractivity (Wildman–Crippen MR) is 91.2 cm³/mol. The third-order valence-corrected chi connectivity index (χ3v) is 4.97. The molecule has 0 spiro atoms. The number of H-pyrrole nitrogens is 1. The lowest BCUT2D eigenvalue weighted by atomic mass is 9.78. The molecule has 0 aliphatic carbocycles. The van der Waals surface area contributed by atoms with E-state index < -0.39 is 24.0 Å². The molecule has 3 heterocycles. The van der Waals surface area contributed by atoms with Gasteiger partial charge >= 0.3 is 5.97 Å². The standard InChI is InChI=1S/C19H18N2O4/c1-25-19(24)17(13-10-20-14-6-3-2-5-11(13)14)12-9-16(22)21-8-4-7-15(21)18(12)23/h2-8,10,12,16-17,20,22H,9H2,1H3/t12?,16?,17-/m1/s1. The molecule has 1 aliphatic heterocycles. The van der Waals surface area contributed by atoms with Crippen molar-refractivity contribution in [2.24, 2.45) is 5.92 Å². The van der Waals surface area contributed by atoms with E-state index in [1.165, 1.54) is 7.11 Å². The van der Waals surface area contributed by atoms with Crippen molar-refractivity contribution < 1.29 is 19.4 Å². The zero-order valence-electron chi connectivity index (χ0n) is 13.7. The summed E-state index contributed by atoms with van der Waals surface area (Å²) in [4.78, 5) is 28.7. The van der Waals surface area contributed by atoms with Gasteiger partial charge in [0.2, 0.25) is 0 Å². The maximum Gasteiger partial charge on any atom is 0.313 e. The molecule has 0 fully saturated rings. The van der Waals surface area contributed by atoms with E-state index in [4.69, 9.17) is 4.74 Å². The maximum atomic E-state index is 13.0. The summed E-state index contributed by atoms with van der Waals surface area (Å²) in [5.41, 5.74) is 2.02. The molecule has 3 atom stereocenters. The highest BCUT2D eigenvalue weighted by Crippen LogP contribution is 2.40. The zero-order chi connectivity index (χ0) is 17.6. The Hall–Kier alpha value is -2.86. The molecule has 128 valence electrons. The summed E-state index contributed by atoms with van der Waals surface area (Å²) in [5, 5.41) is 11.3. The number of nitrogens with zero attached hydrogens (tertiary/aromatic N) is 1.